The zero-order valence-corrected chi connectivity index (χ0v) is 27.9. The van der Waals surface area contributed by atoms with Crippen molar-refractivity contribution >= 4 is 29.0 Å². The molecule has 1 unspecified atom stereocenters. The van der Waals surface area contributed by atoms with Gasteiger partial charge in [0.25, 0.3) is 5.91 Å². The van der Waals surface area contributed by atoms with Crippen molar-refractivity contribution in [2.45, 2.75) is 65.0 Å². The summed E-state index contributed by atoms with van der Waals surface area (Å²) in [6.07, 6.45) is 6.38. The Morgan fingerprint density at radius 3 is 2.66 bits per heavy atom. The lowest BCUT2D eigenvalue weighted by Gasteiger charge is -2.33. The molecular formula is C38H42ClN5O3. The average Bonchev–Trinajstić information content (AvgIpc) is 3.62. The average molecular weight is 652 g/mol. The van der Waals surface area contributed by atoms with Gasteiger partial charge in [0.05, 0.1) is 10.7 Å². The number of carbonyl (C=O) groups excluding carboxylic acids is 2. The van der Waals surface area contributed by atoms with Gasteiger partial charge in [-0.2, -0.15) is 0 Å². The van der Waals surface area contributed by atoms with Crippen LogP contribution in [0.1, 0.15) is 73.8 Å². The minimum atomic E-state index is -0.298. The molecule has 3 N–H and O–H groups in total. The molecule has 2 aromatic heterocycles. The number of fused-ring (bicyclic) bond motifs is 1. The van der Waals surface area contributed by atoms with Crippen molar-refractivity contribution in [1.82, 2.24) is 20.2 Å². The van der Waals surface area contributed by atoms with Gasteiger partial charge in [-0.15, -0.1) is 0 Å². The Labute approximate surface area is 281 Å². The standard InChI is InChI=1S/C38H42ClN5O3/c1-24-19-34(42-35-23-44(17-15-29(24)35)28-14-16-40-22-28)36(46)20-27-8-5-10-31(37(27)39)30-9-6-11-32(25(30)2)43-38(47)33-13-12-26(21-41-33)7-3-4-18-45/h5-6,8-13,19,21,28,40,45H,3-4,7,14-18,20,22-23H2,1-2H3,(H,43,47). The fourth-order valence-corrected chi connectivity index (χ4v) is 7.05. The van der Waals surface area contributed by atoms with Crippen LogP contribution >= 0.6 is 11.6 Å². The van der Waals surface area contributed by atoms with Gasteiger partial charge in [-0.1, -0.05) is 48.0 Å². The molecule has 0 spiro atoms. The van der Waals surface area contributed by atoms with Crippen LogP contribution in [-0.4, -0.2) is 63.9 Å². The zero-order valence-electron chi connectivity index (χ0n) is 27.1. The van der Waals surface area contributed by atoms with Crippen molar-refractivity contribution in [2.75, 3.05) is 31.6 Å². The topological polar surface area (TPSA) is 107 Å². The summed E-state index contributed by atoms with van der Waals surface area (Å²) in [5.74, 6) is -0.354. The number of carbonyl (C=O) groups is 2. The van der Waals surface area contributed by atoms with E-state index in [2.05, 4.69) is 27.4 Å². The Balaban J connectivity index is 1.17. The van der Waals surface area contributed by atoms with E-state index in [4.69, 9.17) is 21.7 Å². The van der Waals surface area contributed by atoms with Gasteiger partial charge in [0, 0.05) is 56.2 Å². The van der Waals surface area contributed by atoms with Gasteiger partial charge in [0.15, 0.2) is 5.78 Å². The second-order valence-corrected chi connectivity index (χ2v) is 13.0. The minimum Gasteiger partial charge on any atom is -0.396 e. The number of Topliss-reactive ketones (excluding diaryl/α,β-unsaturated/α-hetero) is 1. The molecule has 47 heavy (non-hydrogen) atoms. The molecule has 2 aliphatic heterocycles. The van der Waals surface area contributed by atoms with Crippen molar-refractivity contribution in [3.63, 3.8) is 0 Å². The number of anilines is 1. The molecule has 1 amide bonds. The normalized spacial score (nSPS) is 16.2. The summed E-state index contributed by atoms with van der Waals surface area (Å²) in [4.78, 5) is 38.5. The number of amides is 1. The molecule has 244 valence electrons. The zero-order chi connectivity index (χ0) is 32.9. The van der Waals surface area contributed by atoms with Gasteiger partial charge in [0.1, 0.15) is 11.4 Å². The molecule has 4 heterocycles. The first kappa shape index (κ1) is 33.0. The summed E-state index contributed by atoms with van der Waals surface area (Å²) in [5.41, 5.74) is 9.19. The molecule has 6 rings (SSSR count). The number of aryl methyl sites for hydroxylation is 2. The fraction of sp³-hybridized carbons (Fsp3) is 0.368. The number of rotatable bonds is 11. The molecular weight excluding hydrogens is 610 g/mol. The third kappa shape index (κ3) is 7.47. The SMILES string of the molecule is Cc1cc(C(=O)Cc2cccc(-c3cccc(NC(=O)c4ccc(CCCCO)cn4)c3C)c2Cl)nc2c1CCN(C1CCNC1)C2. The van der Waals surface area contributed by atoms with Crippen LogP contribution in [-0.2, 0) is 25.8 Å². The van der Waals surface area contributed by atoms with E-state index in [0.29, 0.717) is 28.1 Å². The first-order valence-electron chi connectivity index (χ1n) is 16.5. The predicted octanol–water partition coefficient (Wildman–Crippen LogP) is 6.13. The molecule has 0 radical (unpaired) electrons. The summed E-state index contributed by atoms with van der Waals surface area (Å²) >= 11 is 7.00. The molecule has 2 aliphatic rings. The van der Waals surface area contributed by atoms with Crippen LogP contribution < -0.4 is 10.6 Å². The fourth-order valence-electron chi connectivity index (χ4n) is 6.75. The van der Waals surface area contributed by atoms with Crippen LogP contribution in [0.4, 0.5) is 5.69 Å². The van der Waals surface area contributed by atoms with E-state index in [1.54, 1.807) is 12.3 Å². The first-order chi connectivity index (χ1) is 22.8. The maximum absolute atomic E-state index is 13.6. The van der Waals surface area contributed by atoms with E-state index >= 15 is 0 Å². The molecule has 0 aliphatic carbocycles. The molecule has 1 fully saturated rings. The Kier molecular flexibility index (Phi) is 10.4. The van der Waals surface area contributed by atoms with Gasteiger partial charge < -0.3 is 15.7 Å². The third-order valence-electron chi connectivity index (χ3n) is 9.50. The molecule has 0 saturated carbocycles. The van der Waals surface area contributed by atoms with E-state index in [-0.39, 0.29) is 24.7 Å². The van der Waals surface area contributed by atoms with Crippen LogP contribution in [0.5, 0.6) is 0 Å². The van der Waals surface area contributed by atoms with Gasteiger partial charge in [0.2, 0.25) is 0 Å². The summed E-state index contributed by atoms with van der Waals surface area (Å²) < 4.78 is 0. The third-order valence-corrected chi connectivity index (χ3v) is 9.95. The number of nitrogens with zero attached hydrogens (tertiary/aromatic N) is 3. The number of hydrogen-bond donors (Lipinski definition) is 3. The predicted molar refractivity (Wildman–Crippen MR) is 186 cm³/mol. The summed E-state index contributed by atoms with van der Waals surface area (Å²) in [6, 6.07) is 17.5. The van der Waals surface area contributed by atoms with Gasteiger partial charge in [-0.05, 0) is 104 Å². The smallest absolute Gasteiger partial charge is 0.274 e. The summed E-state index contributed by atoms with van der Waals surface area (Å²) in [6.45, 7) is 8.06. The highest BCUT2D eigenvalue weighted by molar-refractivity contribution is 6.34. The monoisotopic (exact) mass is 651 g/mol. The van der Waals surface area contributed by atoms with Gasteiger partial charge >= 0.3 is 0 Å². The largest absolute Gasteiger partial charge is 0.396 e. The van der Waals surface area contributed by atoms with Crippen LogP contribution in [0.25, 0.3) is 11.1 Å². The molecule has 1 saturated heterocycles. The Bertz CT molecular complexity index is 1770. The maximum Gasteiger partial charge on any atom is 0.274 e. The quantitative estimate of drug-likeness (QED) is 0.132. The molecule has 0 bridgehead atoms. The van der Waals surface area contributed by atoms with E-state index in [1.807, 2.05) is 55.5 Å². The Morgan fingerprint density at radius 2 is 1.89 bits per heavy atom. The van der Waals surface area contributed by atoms with Crippen molar-refractivity contribution in [3.8, 4) is 11.1 Å². The summed E-state index contributed by atoms with van der Waals surface area (Å²) in [5, 5.41) is 16.0. The van der Waals surface area contributed by atoms with Crippen LogP contribution in [0.2, 0.25) is 5.02 Å². The summed E-state index contributed by atoms with van der Waals surface area (Å²) in [7, 11) is 0. The van der Waals surface area contributed by atoms with E-state index in [0.717, 1.165) is 97.4 Å². The van der Waals surface area contributed by atoms with Crippen LogP contribution in [0.3, 0.4) is 0 Å². The number of pyridine rings is 2. The van der Waals surface area contributed by atoms with Crippen molar-refractivity contribution in [1.29, 1.82) is 0 Å². The molecule has 9 heteroatoms. The maximum atomic E-state index is 13.6. The van der Waals surface area contributed by atoms with E-state index < -0.39 is 0 Å². The number of nitrogens with one attached hydrogen (secondary N) is 2. The Morgan fingerprint density at radius 1 is 1.06 bits per heavy atom. The highest BCUT2D eigenvalue weighted by atomic mass is 35.5. The lowest BCUT2D eigenvalue weighted by Crippen LogP contribution is -2.41. The number of hydrogen-bond acceptors (Lipinski definition) is 7. The Hall–Kier alpha value is -3.95. The van der Waals surface area contributed by atoms with Gasteiger partial charge in [-0.3, -0.25) is 19.5 Å². The molecule has 2 aromatic carbocycles. The number of unbranched alkanes of at least 4 members (excludes halogenated alkanes) is 1. The molecule has 8 nitrogen and oxygen atoms in total. The van der Waals surface area contributed by atoms with Crippen molar-refractivity contribution in [3.05, 3.63) is 111 Å². The number of halogens is 1. The second kappa shape index (κ2) is 14.9. The van der Waals surface area contributed by atoms with Gasteiger partial charge in [-0.25, -0.2) is 4.98 Å². The second-order valence-electron chi connectivity index (χ2n) is 12.7. The molecule has 1 atom stereocenters. The van der Waals surface area contributed by atoms with Crippen molar-refractivity contribution in [2.24, 2.45) is 0 Å². The number of ketones is 1. The van der Waals surface area contributed by atoms with E-state index in [9.17, 15) is 9.59 Å². The highest BCUT2D eigenvalue weighted by Crippen LogP contribution is 2.36. The number of aliphatic hydroxyl groups excluding tert-OH is 1. The minimum absolute atomic E-state index is 0.0562. The lowest BCUT2D eigenvalue weighted by atomic mass is 9.94. The van der Waals surface area contributed by atoms with Crippen LogP contribution in [0, 0.1) is 13.8 Å². The van der Waals surface area contributed by atoms with E-state index in [1.165, 1.54) is 5.56 Å². The van der Waals surface area contributed by atoms with Crippen molar-refractivity contribution < 1.29 is 14.7 Å². The number of benzene rings is 2. The highest BCUT2D eigenvalue weighted by Gasteiger charge is 2.28. The molecule has 4 aromatic rings. The van der Waals surface area contributed by atoms with Crippen LogP contribution in [0.15, 0.2) is 60.8 Å². The first-order valence-corrected chi connectivity index (χ1v) is 16.9. The number of aliphatic hydroxyl groups is 1. The number of aromatic nitrogens is 2. The lowest BCUT2D eigenvalue weighted by molar-refractivity contribution is 0.0985.